The van der Waals surface area contributed by atoms with Crippen LogP contribution in [-0.4, -0.2) is 60.0 Å². The molecule has 0 aromatic carbocycles. The van der Waals surface area contributed by atoms with E-state index in [1.807, 2.05) is 7.05 Å². The second-order valence-electron chi connectivity index (χ2n) is 12.1. The summed E-state index contributed by atoms with van der Waals surface area (Å²) >= 11 is 0. The van der Waals surface area contributed by atoms with E-state index < -0.39 is 6.10 Å². The molecule has 8 nitrogen and oxygen atoms in total. The summed E-state index contributed by atoms with van der Waals surface area (Å²) in [6.45, 7) is 9.76. The van der Waals surface area contributed by atoms with Crippen LogP contribution in [0.5, 0.6) is 5.75 Å². The van der Waals surface area contributed by atoms with Crippen molar-refractivity contribution >= 4 is 11.7 Å². The van der Waals surface area contributed by atoms with Crippen molar-refractivity contribution in [1.82, 2.24) is 15.6 Å². The quantitative estimate of drug-likeness (QED) is 0.385. The average Bonchev–Trinajstić information content (AvgIpc) is 3.34. The molecular weight excluding hydrogens is 456 g/mol. The zero-order chi connectivity index (χ0) is 25.9. The highest BCUT2D eigenvalue weighted by Gasteiger charge is 2.47. The van der Waals surface area contributed by atoms with E-state index >= 15 is 0 Å². The van der Waals surface area contributed by atoms with Crippen LogP contribution >= 0.6 is 0 Å². The number of anilines is 1. The molecule has 1 amide bonds. The van der Waals surface area contributed by atoms with Crippen molar-refractivity contribution in [2.75, 3.05) is 25.5 Å². The molecule has 1 aromatic heterocycles. The molecule has 2 aliphatic heterocycles. The van der Waals surface area contributed by atoms with E-state index in [0.717, 1.165) is 74.2 Å². The second kappa shape index (κ2) is 11.2. The predicted molar refractivity (Wildman–Crippen MR) is 141 cm³/mol. The third-order valence-corrected chi connectivity index (χ3v) is 7.73. The number of ether oxygens (including phenoxy) is 2. The fourth-order valence-corrected chi connectivity index (χ4v) is 5.71. The molecule has 0 radical (unpaired) electrons. The van der Waals surface area contributed by atoms with Crippen molar-refractivity contribution in [3.05, 3.63) is 17.3 Å². The van der Waals surface area contributed by atoms with Crippen LogP contribution < -0.4 is 20.7 Å². The standard InChI is InChI=1S/C28H46N4O4/c1-6-9-20(32-26(34)23-10-7-13-35-23)22(33)17-30-21-16-28(11-8-12-28)36-24-19(21)14-18(15-27(2,3)4)31-25(24)29-5/h14,20-23,30,33H,6-13,15-17H2,1-5H3,(H,29,31)(H,32,34)/t20-,21-,22+,23?/m0/s1. The third-order valence-electron chi connectivity index (χ3n) is 7.73. The zero-order valence-corrected chi connectivity index (χ0v) is 22.8. The summed E-state index contributed by atoms with van der Waals surface area (Å²) in [5.74, 6) is 1.52. The van der Waals surface area contributed by atoms with Gasteiger partial charge in [0.1, 0.15) is 11.7 Å². The van der Waals surface area contributed by atoms with Gasteiger partial charge < -0.3 is 30.5 Å². The Morgan fingerprint density at radius 2 is 2.08 bits per heavy atom. The molecule has 1 spiro atoms. The lowest BCUT2D eigenvalue weighted by Gasteiger charge is -2.48. The Bertz CT molecular complexity index is 906. The molecule has 2 fully saturated rings. The van der Waals surface area contributed by atoms with E-state index in [9.17, 15) is 9.90 Å². The monoisotopic (exact) mass is 502 g/mol. The smallest absolute Gasteiger partial charge is 0.249 e. The molecule has 8 heteroatoms. The SMILES string of the molecule is CCC[C@H](NC(=O)C1CCCO1)[C@H](O)CN[C@H]1CC2(CCC2)Oc2c1cc(CC(C)(C)C)nc2NC. The summed E-state index contributed by atoms with van der Waals surface area (Å²) in [5, 5.41) is 21.1. The van der Waals surface area contributed by atoms with Crippen molar-refractivity contribution in [3.63, 3.8) is 0 Å². The lowest BCUT2D eigenvalue weighted by atomic mass is 9.72. The van der Waals surface area contributed by atoms with Crippen LogP contribution in [0.2, 0.25) is 0 Å². The highest BCUT2D eigenvalue weighted by atomic mass is 16.5. The van der Waals surface area contributed by atoms with Gasteiger partial charge in [-0.15, -0.1) is 0 Å². The fraction of sp³-hybridized carbons (Fsp3) is 0.786. The first-order valence-corrected chi connectivity index (χ1v) is 13.9. The van der Waals surface area contributed by atoms with E-state index in [4.69, 9.17) is 14.5 Å². The Morgan fingerprint density at radius 1 is 1.31 bits per heavy atom. The van der Waals surface area contributed by atoms with Gasteiger partial charge in [0.15, 0.2) is 11.6 Å². The maximum absolute atomic E-state index is 12.7. The van der Waals surface area contributed by atoms with Crippen molar-refractivity contribution in [3.8, 4) is 5.75 Å². The van der Waals surface area contributed by atoms with Gasteiger partial charge in [-0.1, -0.05) is 34.1 Å². The molecular formula is C28H46N4O4. The minimum absolute atomic E-state index is 0.0497. The van der Waals surface area contributed by atoms with E-state index in [2.05, 4.69) is 49.7 Å². The lowest BCUT2D eigenvalue weighted by molar-refractivity contribution is -0.131. The number of nitrogens with one attached hydrogen (secondary N) is 3. The number of hydrogen-bond acceptors (Lipinski definition) is 7. The molecule has 1 saturated heterocycles. The number of aliphatic hydroxyl groups is 1. The highest BCUT2D eigenvalue weighted by molar-refractivity contribution is 5.81. The van der Waals surface area contributed by atoms with Crippen molar-refractivity contribution in [1.29, 1.82) is 0 Å². The summed E-state index contributed by atoms with van der Waals surface area (Å²) in [6, 6.07) is 1.92. The summed E-state index contributed by atoms with van der Waals surface area (Å²) in [6.07, 6.45) is 7.15. The van der Waals surface area contributed by atoms with Crippen LogP contribution in [-0.2, 0) is 16.0 Å². The van der Waals surface area contributed by atoms with Crippen LogP contribution in [0.1, 0.15) is 96.4 Å². The summed E-state index contributed by atoms with van der Waals surface area (Å²) in [7, 11) is 1.90. The van der Waals surface area contributed by atoms with Crippen LogP contribution in [0.4, 0.5) is 5.82 Å². The van der Waals surface area contributed by atoms with Gasteiger partial charge in [0.2, 0.25) is 5.91 Å². The number of rotatable bonds is 10. The van der Waals surface area contributed by atoms with E-state index in [-0.39, 0.29) is 35.1 Å². The topological polar surface area (TPSA) is 105 Å². The number of carbonyl (C=O) groups excluding carboxylic acids is 1. The van der Waals surface area contributed by atoms with Crippen LogP contribution in [0.25, 0.3) is 0 Å². The maximum atomic E-state index is 12.7. The molecule has 3 aliphatic rings. The largest absolute Gasteiger partial charge is 0.483 e. The molecule has 1 saturated carbocycles. The van der Waals surface area contributed by atoms with Gasteiger partial charge >= 0.3 is 0 Å². The van der Waals surface area contributed by atoms with E-state index in [1.165, 1.54) is 6.42 Å². The zero-order valence-electron chi connectivity index (χ0n) is 22.8. The van der Waals surface area contributed by atoms with Crippen LogP contribution in [0.15, 0.2) is 6.07 Å². The van der Waals surface area contributed by atoms with Gasteiger partial charge in [0.25, 0.3) is 0 Å². The summed E-state index contributed by atoms with van der Waals surface area (Å²) in [4.78, 5) is 17.6. The van der Waals surface area contributed by atoms with Gasteiger partial charge in [-0.25, -0.2) is 4.98 Å². The Kier molecular flexibility index (Phi) is 8.47. The molecule has 1 aliphatic carbocycles. The number of nitrogens with zero attached hydrogens (tertiary/aromatic N) is 1. The predicted octanol–water partition coefficient (Wildman–Crippen LogP) is 3.87. The van der Waals surface area contributed by atoms with E-state index in [1.54, 1.807) is 0 Å². The first-order chi connectivity index (χ1) is 17.1. The highest BCUT2D eigenvalue weighted by Crippen LogP contribution is 2.51. The van der Waals surface area contributed by atoms with Gasteiger partial charge in [0.05, 0.1) is 12.1 Å². The summed E-state index contributed by atoms with van der Waals surface area (Å²) < 4.78 is 12.1. The van der Waals surface area contributed by atoms with Crippen molar-refractivity contribution in [2.24, 2.45) is 5.41 Å². The van der Waals surface area contributed by atoms with Gasteiger partial charge in [0, 0.05) is 43.9 Å². The van der Waals surface area contributed by atoms with Crippen molar-refractivity contribution < 1.29 is 19.4 Å². The van der Waals surface area contributed by atoms with Gasteiger partial charge in [-0.3, -0.25) is 4.79 Å². The van der Waals surface area contributed by atoms with Crippen LogP contribution in [0, 0.1) is 5.41 Å². The minimum Gasteiger partial charge on any atom is -0.483 e. The molecule has 36 heavy (non-hydrogen) atoms. The fourth-order valence-electron chi connectivity index (χ4n) is 5.71. The molecule has 0 bridgehead atoms. The molecule has 1 unspecified atom stereocenters. The number of pyridine rings is 1. The van der Waals surface area contributed by atoms with E-state index in [0.29, 0.717) is 13.2 Å². The van der Waals surface area contributed by atoms with Gasteiger partial charge in [-0.05, 0) is 56.4 Å². The number of aliphatic hydroxyl groups excluding tert-OH is 1. The molecule has 4 rings (SSSR count). The molecule has 202 valence electrons. The first kappa shape index (κ1) is 27.1. The molecule has 1 aromatic rings. The number of amides is 1. The normalized spacial score (nSPS) is 24.4. The number of aromatic nitrogens is 1. The number of carbonyl (C=O) groups is 1. The second-order valence-corrected chi connectivity index (χ2v) is 12.1. The Hall–Kier alpha value is -1.90. The Labute approximate surface area is 216 Å². The Balaban J connectivity index is 1.51. The van der Waals surface area contributed by atoms with Gasteiger partial charge in [-0.2, -0.15) is 0 Å². The first-order valence-electron chi connectivity index (χ1n) is 13.9. The molecule has 4 atom stereocenters. The van der Waals surface area contributed by atoms with Crippen molar-refractivity contribution in [2.45, 2.75) is 115 Å². The number of fused-ring (bicyclic) bond motifs is 1. The minimum atomic E-state index is -0.696. The maximum Gasteiger partial charge on any atom is 0.249 e. The molecule has 4 N–H and O–H groups in total. The third kappa shape index (κ3) is 6.32. The number of hydrogen-bond donors (Lipinski definition) is 4. The summed E-state index contributed by atoms with van der Waals surface area (Å²) in [5.41, 5.74) is 2.10. The Morgan fingerprint density at radius 3 is 2.67 bits per heavy atom. The van der Waals surface area contributed by atoms with Crippen LogP contribution in [0.3, 0.4) is 0 Å². The average molecular weight is 503 g/mol. The molecule has 3 heterocycles. The lowest BCUT2D eigenvalue weighted by Crippen LogP contribution is -2.52.